The number of aromatic amines is 1. The van der Waals surface area contributed by atoms with E-state index in [1.54, 1.807) is 19.1 Å². The number of ether oxygens (including phenoxy) is 1. The molecule has 0 saturated heterocycles. The summed E-state index contributed by atoms with van der Waals surface area (Å²) >= 11 is 12.0. The van der Waals surface area contributed by atoms with Gasteiger partial charge in [0.05, 0.1) is 34.1 Å². The van der Waals surface area contributed by atoms with Crippen LogP contribution in [0.15, 0.2) is 12.1 Å². The summed E-state index contributed by atoms with van der Waals surface area (Å²) in [4.78, 5) is 19.3. The van der Waals surface area contributed by atoms with Crippen LogP contribution in [-0.4, -0.2) is 22.5 Å². The SMILES string of the molecule is CCOC(=O)CC(C)(C)Cc1nc2cc(Cl)c(Cl)cc2[nH]1. The third kappa shape index (κ3) is 4.11. The maximum absolute atomic E-state index is 11.6. The molecule has 0 unspecified atom stereocenters. The molecule has 2 aromatic rings. The first-order chi connectivity index (χ1) is 9.80. The highest BCUT2D eigenvalue weighted by Crippen LogP contribution is 2.29. The molecule has 21 heavy (non-hydrogen) atoms. The van der Waals surface area contributed by atoms with Crippen LogP contribution in [0.5, 0.6) is 0 Å². The lowest BCUT2D eigenvalue weighted by molar-refractivity contribution is -0.145. The molecule has 0 aliphatic heterocycles. The van der Waals surface area contributed by atoms with Gasteiger partial charge in [0.1, 0.15) is 5.82 Å². The molecule has 0 amide bonds. The van der Waals surface area contributed by atoms with Crippen LogP contribution < -0.4 is 0 Å². The molecule has 1 heterocycles. The number of aromatic nitrogens is 2. The number of imidazole rings is 1. The fourth-order valence-electron chi connectivity index (χ4n) is 2.26. The van der Waals surface area contributed by atoms with E-state index in [2.05, 4.69) is 9.97 Å². The number of nitrogens with zero attached hydrogens (tertiary/aromatic N) is 1. The van der Waals surface area contributed by atoms with E-state index in [0.29, 0.717) is 29.5 Å². The molecule has 4 nitrogen and oxygen atoms in total. The summed E-state index contributed by atoms with van der Waals surface area (Å²) < 4.78 is 5.00. The Hall–Kier alpha value is -1.26. The van der Waals surface area contributed by atoms with Gasteiger partial charge < -0.3 is 9.72 Å². The Morgan fingerprint density at radius 2 is 2.00 bits per heavy atom. The summed E-state index contributed by atoms with van der Waals surface area (Å²) in [5, 5.41) is 0.971. The van der Waals surface area contributed by atoms with Crippen molar-refractivity contribution >= 4 is 40.2 Å². The third-order valence-electron chi connectivity index (χ3n) is 3.15. The molecule has 0 atom stereocenters. The van der Waals surface area contributed by atoms with Gasteiger partial charge in [0.15, 0.2) is 0 Å². The smallest absolute Gasteiger partial charge is 0.306 e. The number of carbonyl (C=O) groups excluding carboxylic acids is 1. The number of hydrogen-bond donors (Lipinski definition) is 1. The van der Waals surface area contributed by atoms with E-state index in [1.165, 1.54) is 0 Å². The Kier molecular flexibility index (Phi) is 4.79. The lowest BCUT2D eigenvalue weighted by Crippen LogP contribution is -2.22. The second-order valence-corrected chi connectivity index (χ2v) is 6.60. The van der Waals surface area contributed by atoms with Crippen molar-refractivity contribution in [3.8, 4) is 0 Å². The lowest BCUT2D eigenvalue weighted by atomic mass is 9.85. The molecule has 0 aliphatic carbocycles. The Morgan fingerprint density at radius 3 is 2.67 bits per heavy atom. The van der Waals surface area contributed by atoms with Crippen LogP contribution in [0.3, 0.4) is 0 Å². The minimum Gasteiger partial charge on any atom is -0.466 e. The molecule has 1 aromatic heterocycles. The number of benzene rings is 1. The number of esters is 1. The van der Waals surface area contributed by atoms with Crippen molar-refractivity contribution in [2.75, 3.05) is 6.61 Å². The van der Waals surface area contributed by atoms with Gasteiger partial charge >= 0.3 is 5.97 Å². The normalized spacial score (nSPS) is 11.9. The average molecular weight is 329 g/mol. The van der Waals surface area contributed by atoms with E-state index in [4.69, 9.17) is 27.9 Å². The fourth-order valence-corrected chi connectivity index (χ4v) is 2.58. The van der Waals surface area contributed by atoms with E-state index < -0.39 is 0 Å². The first-order valence-electron chi connectivity index (χ1n) is 6.80. The topological polar surface area (TPSA) is 55.0 Å². The minimum absolute atomic E-state index is 0.190. The predicted molar refractivity (Wildman–Crippen MR) is 84.8 cm³/mol. The van der Waals surface area contributed by atoms with E-state index >= 15 is 0 Å². The van der Waals surface area contributed by atoms with Gasteiger partial charge in [-0.15, -0.1) is 0 Å². The molecular weight excluding hydrogens is 311 g/mol. The summed E-state index contributed by atoms with van der Waals surface area (Å²) in [5.41, 5.74) is 1.37. The first-order valence-corrected chi connectivity index (χ1v) is 7.55. The Morgan fingerprint density at radius 1 is 1.33 bits per heavy atom. The number of hydrogen-bond acceptors (Lipinski definition) is 3. The molecule has 0 saturated carbocycles. The molecule has 0 spiro atoms. The Labute approximate surface area is 133 Å². The zero-order valence-electron chi connectivity index (χ0n) is 12.3. The Bertz CT molecular complexity index is 626. The number of rotatable bonds is 5. The van der Waals surface area contributed by atoms with Crippen molar-refractivity contribution in [3.63, 3.8) is 0 Å². The molecule has 6 heteroatoms. The van der Waals surface area contributed by atoms with Gasteiger partial charge in [0.2, 0.25) is 0 Å². The number of halogens is 2. The molecule has 1 aromatic carbocycles. The van der Waals surface area contributed by atoms with Gasteiger partial charge in [-0.2, -0.15) is 0 Å². The standard InChI is InChI=1S/C15H18Cl2N2O2/c1-4-21-14(20)8-15(2,3)7-13-18-11-5-9(16)10(17)6-12(11)19-13/h5-6H,4,7-8H2,1-3H3,(H,18,19). The van der Waals surface area contributed by atoms with Crippen LogP contribution >= 0.6 is 23.2 Å². The molecule has 1 N–H and O–H groups in total. The van der Waals surface area contributed by atoms with E-state index in [1.807, 2.05) is 13.8 Å². The molecule has 0 aliphatic rings. The second kappa shape index (κ2) is 6.24. The molecule has 0 bridgehead atoms. The monoisotopic (exact) mass is 328 g/mol. The number of H-pyrrole nitrogens is 1. The van der Waals surface area contributed by atoms with Crippen molar-refractivity contribution in [3.05, 3.63) is 28.0 Å². The highest BCUT2D eigenvalue weighted by molar-refractivity contribution is 6.42. The maximum Gasteiger partial charge on any atom is 0.306 e. The molecular formula is C15H18Cl2N2O2. The largest absolute Gasteiger partial charge is 0.466 e. The van der Waals surface area contributed by atoms with E-state index in [9.17, 15) is 4.79 Å². The number of nitrogens with one attached hydrogen (secondary N) is 1. The van der Waals surface area contributed by atoms with Gasteiger partial charge in [-0.3, -0.25) is 4.79 Å². The van der Waals surface area contributed by atoms with Crippen molar-refractivity contribution in [2.45, 2.75) is 33.6 Å². The van der Waals surface area contributed by atoms with Gasteiger partial charge in [-0.25, -0.2) is 4.98 Å². The molecule has 114 valence electrons. The Balaban J connectivity index is 2.17. The predicted octanol–water partition coefficient (Wildman–Crippen LogP) is 4.39. The summed E-state index contributed by atoms with van der Waals surface area (Å²) in [6, 6.07) is 3.49. The summed E-state index contributed by atoms with van der Waals surface area (Å²) in [6.45, 7) is 6.22. The van der Waals surface area contributed by atoms with Crippen molar-refractivity contribution < 1.29 is 9.53 Å². The lowest BCUT2D eigenvalue weighted by Gasteiger charge is -2.21. The van der Waals surface area contributed by atoms with E-state index in [0.717, 1.165) is 16.9 Å². The molecule has 0 radical (unpaired) electrons. The number of fused-ring (bicyclic) bond motifs is 1. The quantitative estimate of drug-likeness (QED) is 0.828. The van der Waals surface area contributed by atoms with Crippen LogP contribution in [0.2, 0.25) is 10.0 Å². The summed E-state index contributed by atoms with van der Waals surface area (Å²) in [7, 11) is 0. The van der Waals surface area contributed by atoms with Crippen LogP contribution in [0.4, 0.5) is 0 Å². The summed E-state index contributed by atoms with van der Waals surface area (Å²) in [6.07, 6.45) is 0.981. The maximum atomic E-state index is 11.6. The zero-order chi connectivity index (χ0) is 15.6. The second-order valence-electron chi connectivity index (χ2n) is 5.79. The van der Waals surface area contributed by atoms with Crippen LogP contribution in [-0.2, 0) is 16.0 Å². The molecule has 2 rings (SSSR count). The van der Waals surface area contributed by atoms with Crippen molar-refractivity contribution in [2.24, 2.45) is 5.41 Å². The van der Waals surface area contributed by atoms with Gasteiger partial charge in [0.25, 0.3) is 0 Å². The fraction of sp³-hybridized carbons (Fsp3) is 0.467. The van der Waals surface area contributed by atoms with Crippen molar-refractivity contribution in [1.29, 1.82) is 0 Å². The average Bonchev–Trinajstić information content (AvgIpc) is 2.69. The van der Waals surface area contributed by atoms with Gasteiger partial charge in [0, 0.05) is 6.42 Å². The highest BCUT2D eigenvalue weighted by Gasteiger charge is 2.25. The first kappa shape index (κ1) is 16.1. The van der Waals surface area contributed by atoms with Crippen LogP contribution in [0.1, 0.15) is 33.0 Å². The van der Waals surface area contributed by atoms with Crippen molar-refractivity contribution in [1.82, 2.24) is 9.97 Å². The highest BCUT2D eigenvalue weighted by atomic mass is 35.5. The van der Waals surface area contributed by atoms with Gasteiger partial charge in [-0.1, -0.05) is 37.0 Å². The van der Waals surface area contributed by atoms with E-state index in [-0.39, 0.29) is 11.4 Å². The molecule has 0 fully saturated rings. The van der Waals surface area contributed by atoms with Crippen LogP contribution in [0, 0.1) is 5.41 Å². The number of carbonyl (C=O) groups is 1. The minimum atomic E-state index is -0.242. The zero-order valence-corrected chi connectivity index (χ0v) is 13.8. The third-order valence-corrected chi connectivity index (χ3v) is 3.87. The van der Waals surface area contributed by atoms with Crippen LogP contribution in [0.25, 0.3) is 11.0 Å². The summed E-state index contributed by atoms with van der Waals surface area (Å²) in [5.74, 6) is 0.613. The van der Waals surface area contributed by atoms with Gasteiger partial charge in [-0.05, 0) is 24.5 Å².